The average Bonchev–Trinajstić information content (AvgIpc) is 2.38. The second-order valence-electron chi connectivity index (χ2n) is 3.93. The molecule has 0 bridgehead atoms. The molecular formula is C14H12ClF2NO2. The first-order valence-electron chi connectivity index (χ1n) is 5.86. The topological polar surface area (TPSA) is 44.5 Å². The smallest absolute Gasteiger partial charge is 0.167 e. The number of halogens is 3. The zero-order valence-corrected chi connectivity index (χ0v) is 11.4. The monoisotopic (exact) mass is 299 g/mol. The Labute approximate surface area is 119 Å². The van der Waals surface area contributed by atoms with Crippen LogP contribution in [0.4, 0.5) is 14.5 Å². The maximum Gasteiger partial charge on any atom is 0.167 e. The molecule has 0 atom stereocenters. The molecule has 0 radical (unpaired) electrons. The third-order valence-electron chi connectivity index (χ3n) is 2.48. The van der Waals surface area contributed by atoms with Crippen molar-refractivity contribution in [2.75, 3.05) is 12.3 Å². The summed E-state index contributed by atoms with van der Waals surface area (Å²) in [6.45, 7) is 2.03. The summed E-state index contributed by atoms with van der Waals surface area (Å²) in [4.78, 5) is 0. The van der Waals surface area contributed by atoms with Crippen molar-refractivity contribution in [3.05, 3.63) is 47.0 Å². The fourth-order valence-corrected chi connectivity index (χ4v) is 1.79. The van der Waals surface area contributed by atoms with E-state index >= 15 is 0 Å². The Morgan fingerprint density at radius 3 is 2.50 bits per heavy atom. The number of hydrogen-bond donors (Lipinski definition) is 1. The van der Waals surface area contributed by atoms with Gasteiger partial charge in [0.2, 0.25) is 0 Å². The first kappa shape index (κ1) is 14.4. The van der Waals surface area contributed by atoms with E-state index in [-0.39, 0.29) is 28.0 Å². The van der Waals surface area contributed by atoms with Crippen LogP contribution in [0.5, 0.6) is 17.2 Å². The summed E-state index contributed by atoms with van der Waals surface area (Å²) in [5, 5.41) is 0.0895. The van der Waals surface area contributed by atoms with Crippen LogP contribution in [0.25, 0.3) is 0 Å². The number of hydrogen-bond acceptors (Lipinski definition) is 3. The second kappa shape index (κ2) is 5.96. The van der Waals surface area contributed by atoms with E-state index in [9.17, 15) is 8.78 Å². The molecule has 2 rings (SSSR count). The zero-order chi connectivity index (χ0) is 14.7. The Morgan fingerprint density at radius 1 is 1.10 bits per heavy atom. The van der Waals surface area contributed by atoms with Crippen molar-refractivity contribution < 1.29 is 18.3 Å². The van der Waals surface area contributed by atoms with Crippen molar-refractivity contribution in [2.24, 2.45) is 0 Å². The molecule has 0 fully saturated rings. The number of ether oxygens (including phenoxy) is 2. The average molecular weight is 300 g/mol. The van der Waals surface area contributed by atoms with Gasteiger partial charge in [-0.05, 0) is 25.1 Å². The summed E-state index contributed by atoms with van der Waals surface area (Å²) in [7, 11) is 0. The van der Waals surface area contributed by atoms with Crippen LogP contribution in [0.3, 0.4) is 0 Å². The number of anilines is 1. The van der Waals surface area contributed by atoms with Gasteiger partial charge < -0.3 is 15.2 Å². The molecule has 0 saturated carbocycles. The van der Waals surface area contributed by atoms with E-state index < -0.39 is 11.6 Å². The van der Waals surface area contributed by atoms with E-state index in [0.29, 0.717) is 6.61 Å². The van der Waals surface area contributed by atoms with E-state index in [0.717, 1.165) is 12.1 Å². The van der Waals surface area contributed by atoms with Crippen molar-refractivity contribution in [2.45, 2.75) is 6.92 Å². The van der Waals surface area contributed by atoms with Gasteiger partial charge in [0, 0.05) is 12.1 Å². The van der Waals surface area contributed by atoms with Gasteiger partial charge in [-0.3, -0.25) is 0 Å². The minimum absolute atomic E-state index is 0.0231. The molecule has 3 nitrogen and oxygen atoms in total. The van der Waals surface area contributed by atoms with Crippen LogP contribution < -0.4 is 15.2 Å². The van der Waals surface area contributed by atoms with Crippen LogP contribution in [0, 0.1) is 11.6 Å². The van der Waals surface area contributed by atoms with Crippen LogP contribution >= 0.6 is 11.6 Å². The Bertz CT molecular complexity index is 635. The van der Waals surface area contributed by atoms with E-state index in [1.54, 1.807) is 6.92 Å². The molecule has 2 aromatic rings. The van der Waals surface area contributed by atoms with Crippen LogP contribution in [0.15, 0.2) is 30.3 Å². The highest BCUT2D eigenvalue weighted by molar-refractivity contribution is 6.32. The Hall–Kier alpha value is -2.01. The number of benzene rings is 2. The third-order valence-corrected chi connectivity index (χ3v) is 2.77. The SMILES string of the molecule is CCOc1cc(Oc2ccc(F)cc2Cl)c(N)cc1F. The summed E-state index contributed by atoms with van der Waals surface area (Å²) >= 11 is 5.85. The maximum absolute atomic E-state index is 13.6. The quantitative estimate of drug-likeness (QED) is 0.851. The predicted molar refractivity (Wildman–Crippen MR) is 73.5 cm³/mol. The molecule has 0 unspecified atom stereocenters. The van der Waals surface area contributed by atoms with Crippen molar-refractivity contribution in [1.82, 2.24) is 0 Å². The number of nitrogens with two attached hydrogens (primary N) is 1. The zero-order valence-electron chi connectivity index (χ0n) is 10.6. The highest BCUT2D eigenvalue weighted by Crippen LogP contribution is 2.36. The maximum atomic E-state index is 13.6. The van der Waals surface area contributed by atoms with Gasteiger partial charge in [-0.1, -0.05) is 11.6 Å². The molecule has 0 aliphatic heterocycles. The lowest BCUT2D eigenvalue weighted by Crippen LogP contribution is -1.99. The number of rotatable bonds is 4. The van der Waals surface area contributed by atoms with E-state index in [4.69, 9.17) is 26.8 Å². The van der Waals surface area contributed by atoms with Crippen molar-refractivity contribution >= 4 is 17.3 Å². The largest absolute Gasteiger partial charge is 0.491 e. The van der Waals surface area contributed by atoms with E-state index in [1.165, 1.54) is 18.2 Å². The fraction of sp³-hybridized carbons (Fsp3) is 0.143. The second-order valence-corrected chi connectivity index (χ2v) is 4.34. The van der Waals surface area contributed by atoms with Gasteiger partial charge in [-0.15, -0.1) is 0 Å². The van der Waals surface area contributed by atoms with E-state index in [2.05, 4.69) is 0 Å². The molecule has 0 heterocycles. The Balaban J connectivity index is 2.35. The molecular weight excluding hydrogens is 288 g/mol. The number of nitrogen functional groups attached to an aromatic ring is 1. The summed E-state index contributed by atoms with van der Waals surface area (Å²) in [6.07, 6.45) is 0. The van der Waals surface area contributed by atoms with Gasteiger partial charge in [-0.25, -0.2) is 8.78 Å². The van der Waals surface area contributed by atoms with Gasteiger partial charge in [0.1, 0.15) is 11.6 Å². The predicted octanol–water partition coefficient (Wildman–Crippen LogP) is 4.39. The lowest BCUT2D eigenvalue weighted by molar-refractivity contribution is 0.319. The van der Waals surface area contributed by atoms with Gasteiger partial charge in [0.25, 0.3) is 0 Å². The fourth-order valence-electron chi connectivity index (χ4n) is 1.58. The molecule has 2 aromatic carbocycles. The van der Waals surface area contributed by atoms with Crippen LogP contribution in [0.2, 0.25) is 5.02 Å². The van der Waals surface area contributed by atoms with Gasteiger partial charge >= 0.3 is 0 Å². The normalized spacial score (nSPS) is 10.4. The van der Waals surface area contributed by atoms with Gasteiger partial charge in [0.05, 0.1) is 17.3 Å². The Morgan fingerprint density at radius 2 is 1.85 bits per heavy atom. The highest BCUT2D eigenvalue weighted by atomic mass is 35.5. The molecule has 2 N–H and O–H groups in total. The molecule has 0 aliphatic carbocycles. The van der Waals surface area contributed by atoms with Crippen molar-refractivity contribution in [1.29, 1.82) is 0 Å². The highest BCUT2D eigenvalue weighted by Gasteiger charge is 2.12. The standard InChI is InChI=1S/C14H12ClF2NO2/c1-2-19-13-7-14(11(18)6-10(13)17)20-12-4-3-8(16)5-9(12)15/h3-7H,2,18H2,1H3. The molecule has 0 spiro atoms. The van der Waals surface area contributed by atoms with Crippen LogP contribution in [-0.4, -0.2) is 6.61 Å². The summed E-state index contributed by atoms with van der Waals surface area (Å²) in [5.74, 6) is -0.640. The molecule has 0 saturated heterocycles. The molecule has 6 heteroatoms. The summed E-state index contributed by atoms with van der Waals surface area (Å²) in [5.41, 5.74) is 5.77. The minimum atomic E-state index is -0.582. The van der Waals surface area contributed by atoms with E-state index in [1.807, 2.05) is 0 Å². The van der Waals surface area contributed by atoms with Crippen molar-refractivity contribution in [3.63, 3.8) is 0 Å². The molecule has 0 aromatic heterocycles. The Kier molecular flexibility index (Phi) is 4.29. The lowest BCUT2D eigenvalue weighted by Gasteiger charge is -2.12. The molecule has 0 aliphatic rings. The molecule has 0 amide bonds. The third kappa shape index (κ3) is 3.11. The van der Waals surface area contributed by atoms with Gasteiger partial charge in [-0.2, -0.15) is 0 Å². The van der Waals surface area contributed by atoms with Crippen LogP contribution in [0.1, 0.15) is 6.92 Å². The summed E-state index contributed by atoms with van der Waals surface area (Å²) in [6, 6.07) is 6.09. The van der Waals surface area contributed by atoms with Crippen LogP contribution in [-0.2, 0) is 0 Å². The first-order valence-corrected chi connectivity index (χ1v) is 6.23. The van der Waals surface area contributed by atoms with Crippen molar-refractivity contribution in [3.8, 4) is 17.2 Å². The lowest BCUT2D eigenvalue weighted by atomic mass is 10.2. The first-order chi connectivity index (χ1) is 9.51. The molecule has 20 heavy (non-hydrogen) atoms. The molecule has 106 valence electrons. The minimum Gasteiger partial charge on any atom is -0.491 e. The van der Waals surface area contributed by atoms with Gasteiger partial charge in [0.15, 0.2) is 17.3 Å². The summed E-state index contributed by atoms with van der Waals surface area (Å²) < 4.78 is 37.1.